The number of hydrogen-bond acceptors (Lipinski definition) is 3. The lowest BCUT2D eigenvalue weighted by atomic mass is 9.86. The van der Waals surface area contributed by atoms with Gasteiger partial charge in [0.05, 0.1) is 12.7 Å². The maximum Gasteiger partial charge on any atom is 0.242 e. The molecule has 5 heteroatoms. The molecule has 2 aliphatic rings. The number of rotatable bonds is 2. The van der Waals surface area contributed by atoms with Gasteiger partial charge in [-0.15, -0.1) is 12.4 Å². The van der Waals surface area contributed by atoms with Crippen LogP contribution in [0.2, 0.25) is 0 Å². The molecule has 23 heavy (non-hydrogen) atoms. The summed E-state index contributed by atoms with van der Waals surface area (Å²) in [6.07, 6.45) is 2.08. The largest absolute Gasteiger partial charge is 0.375 e. The van der Waals surface area contributed by atoms with Gasteiger partial charge < -0.3 is 15.0 Å². The molecule has 0 aromatic heterocycles. The first kappa shape index (κ1) is 18.2. The van der Waals surface area contributed by atoms with E-state index in [1.54, 1.807) is 0 Å². The number of benzene rings is 1. The summed E-state index contributed by atoms with van der Waals surface area (Å²) in [7, 11) is 0. The second-order valence-electron chi connectivity index (χ2n) is 6.46. The van der Waals surface area contributed by atoms with Gasteiger partial charge in [0.25, 0.3) is 0 Å². The molecule has 2 saturated heterocycles. The van der Waals surface area contributed by atoms with Crippen molar-refractivity contribution in [1.29, 1.82) is 0 Å². The Labute approximate surface area is 145 Å². The SMILES string of the molecule is Cc1ccccc1C1CCN(C(=O)[C@H]2NCCO[C@@H]2C)CC1.Cl. The third-order valence-corrected chi connectivity index (χ3v) is 5.02. The van der Waals surface area contributed by atoms with Gasteiger partial charge in [-0.05, 0) is 43.7 Å². The molecule has 0 spiro atoms. The fourth-order valence-electron chi connectivity index (χ4n) is 3.66. The molecule has 1 aromatic rings. The zero-order valence-corrected chi connectivity index (χ0v) is 14.8. The third-order valence-electron chi connectivity index (χ3n) is 5.02. The number of nitrogens with zero attached hydrogens (tertiary/aromatic N) is 1. The summed E-state index contributed by atoms with van der Waals surface area (Å²) in [5.74, 6) is 0.786. The molecule has 2 heterocycles. The highest BCUT2D eigenvalue weighted by Gasteiger charge is 2.33. The molecule has 128 valence electrons. The number of likely N-dealkylation sites (tertiary alicyclic amines) is 1. The second-order valence-corrected chi connectivity index (χ2v) is 6.46. The maximum atomic E-state index is 12.7. The lowest BCUT2D eigenvalue weighted by Gasteiger charge is -2.37. The van der Waals surface area contributed by atoms with Crippen molar-refractivity contribution in [3.8, 4) is 0 Å². The minimum absolute atomic E-state index is 0. The summed E-state index contributed by atoms with van der Waals surface area (Å²) < 4.78 is 5.60. The Hall–Kier alpha value is -1.10. The Morgan fingerprint density at radius 2 is 1.96 bits per heavy atom. The number of nitrogens with one attached hydrogen (secondary N) is 1. The van der Waals surface area contributed by atoms with Gasteiger partial charge in [0.2, 0.25) is 5.91 Å². The summed E-state index contributed by atoms with van der Waals surface area (Å²) in [4.78, 5) is 14.7. The Bertz CT molecular complexity index is 530. The molecule has 0 radical (unpaired) electrons. The molecule has 1 amide bonds. The minimum Gasteiger partial charge on any atom is -0.375 e. The predicted molar refractivity (Wildman–Crippen MR) is 94.2 cm³/mol. The van der Waals surface area contributed by atoms with Gasteiger partial charge in [-0.25, -0.2) is 0 Å². The number of halogens is 1. The van der Waals surface area contributed by atoms with Crippen LogP contribution in [0, 0.1) is 6.92 Å². The molecule has 0 bridgehead atoms. The van der Waals surface area contributed by atoms with Gasteiger partial charge in [0.15, 0.2) is 0 Å². The molecule has 2 fully saturated rings. The van der Waals surface area contributed by atoms with E-state index in [1.807, 2.05) is 11.8 Å². The van der Waals surface area contributed by atoms with Crippen LogP contribution in [-0.2, 0) is 9.53 Å². The van der Waals surface area contributed by atoms with Gasteiger partial charge in [-0.3, -0.25) is 4.79 Å². The number of carbonyl (C=O) groups is 1. The highest BCUT2D eigenvalue weighted by Crippen LogP contribution is 2.30. The molecule has 0 unspecified atom stereocenters. The molecule has 2 atom stereocenters. The molecule has 2 aliphatic heterocycles. The Balaban J connectivity index is 0.00000192. The van der Waals surface area contributed by atoms with E-state index in [0.717, 1.165) is 32.5 Å². The smallest absolute Gasteiger partial charge is 0.242 e. The van der Waals surface area contributed by atoms with E-state index in [1.165, 1.54) is 11.1 Å². The highest BCUT2D eigenvalue weighted by atomic mass is 35.5. The number of carbonyl (C=O) groups excluding carboxylic acids is 1. The quantitative estimate of drug-likeness (QED) is 0.900. The van der Waals surface area contributed by atoms with Gasteiger partial charge in [0.1, 0.15) is 6.04 Å². The van der Waals surface area contributed by atoms with Crippen molar-refractivity contribution in [2.75, 3.05) is 26.2 Å². The average Bonchev–Trinajstić information content (AvgIpc) is 2.55. The van der Waals surface area contributed by atoms with Crippen LogP contribution >= 0.6 is 12.4 Å². The molecule has 0 aliphatic carbocycles. The Kier molecular flexibility index (Phi) is 6.45. The number of morpholine rings is 1. The van der Waals surface area contributed by atoms with Crippen LogP contribution in [-0.4, -0.2) is 49.2 Å². The maximum absolute atomic E-state index is 12.7. The van der Waals surface area contributed by atoms with Gasteiger partial charge >= 0.3 is 0 Å². The minimum atomic E-state index is -0.177. The predicted octanol–water partition coefficient (Wildman–Crippen LogP) is 2.50. The molecule has 1 N–H and O–H groups in total. The lowest BCUT2D eigenvalue weighted by molar-refractivity contribution is -0.140. The summed E-state index contributed by atoms with van der Waals surface area (Å²) in [5, 5.41) is 3.30. The van der Waals surface area contributed by atoms with Gasteiger partial charge in [-0.2, -0.15) is 0 Å². The van der Waals surface area contributed by atoms with Crippen LogP contribution in [0.5, 0.6) is 0 Å². The van der Waals surface area contributed by atoms with E-state index in [2.05, 4.69) is 36.5 Å². The first-order chi connectivity index (χ1) is 10.7. The molecule has 4 nitrogen and oxygen atoms in total. The van der Waals surface area contributed by atoms with Crippen LogP contribution in [0.25, 0.3) is 0 Å². The van der Waals surface area contributed by atoms with Crippen molar-refractivity contribution in [1.82, 2.24) is 10.2 Å². The number of ether oxygens (including phenoxy) is 1. The van der Waals surface area contributed by atoms with Crippen LogP contribution < -0.4 is 5.32 Å². The topological polar surface area (TPSA) is 41.6 Å². The van der Waals surface area contributed by atoms with Crippen LogP contribution in [0.4, 0.5) is 0 Å². The van der Waals surface area contributed by atoms with Gasteiger partial charge in [0, 0.05) is 19.6 Å². The number of amides is 1. The van der Waals surface area contributed by atoms with Crippen LogP contribution in [0.3, 0.4) is 0 Å². The Morgan fingerprint density at radius 3 is 2.61 bits per heavy atom. The molecule has 3 rings (SSSR count). The lowest BCUT2D eigenvalue weighted by Crippen LogP contribution is -2.57. The summed E-state index contributed by atoms with van der Waals surface area (Å²) >= 11 is 0. The van der Waals surface area contributed by atoms with Crippen molar-refractivity contribution in [3.05, 3.63) is 35.4 Å². The second kappa shape index (κ2) is 8.13. The summed E-state index contributed by atoms with van der Waals surface area (Å²) in [6.45, 7) is 7.32. The van der Waals surface area contributed by atoms with E-state index < -0.39 is 0 Å². The van der Waals surface area contributed by atoms with Crippen molar-refractivity contribution in [3.63, 3.8) is 0 Å². The fourth-order valence-corrected chi connectivity index (χ4v) is 3.66. The standard InChI is InChI=1S/C18H26N2O2.ClH/c1-13-5-3-4-6-16(13)15-7-10-20(11-8-15)18(21)17-14(2)22-12-9-19-17;/h3-6,14-15,17,19H,7-12H2,1-2H3;1H/t14-,17+;/m1./s1. The molecule has 0 saturated carbocycles. The van der Waals surface area contributed by atoms with Crippen molar-refractivity contribution < 1.29 is 9.53 Å². The van der Waals surface area contributed by atoms with E-state index >= 15 is 0 Å². The third kappa shape index (κ3) is 4.06. The molecular weight excluding hydrogens is 312 g/mol. The van der Waals surface area contributed by atoms with E-state index in [0.29, 0.717) is 12.5 Å². The molecule has 1 aromatic carbocycles. The normalized spacial score (nSPS) is 25.7. The van der Waals surface area contributed by atoms with Gasteiger partial charge in [-0.1, -0.05) is 24.3 Å². The molecular formula is C18H27ClN2O2. The van der Waals surface area contributed by atoms with Crippen LogP contribution in [0.1, 0.15) is 36.8 Å². The number of aryl methyl sites for hydroxylation is 1. The Morgan fingerprint density at radius 1 is 1.26 bits per heavy atom. The number of hydrogen-bond donors (Lipinski definition) is 1. The summed E-state index contributed by atoms with van der Waals surface area (Å²) in [6, 6.07) is 8.44. The van der Waals surface area contributed by atoms with Crippen LogP contribution in [0.15, 0.2) is 24.3 Å². The first-order valence-corrected chi connectivity index (χ1v) is 8.36. The van der Waals surface area contributed by atoms with E-state index in [9.17, 15) is 4.79 Å². The summed E-state index contributed by atoms with van der Waals surface area (Å²) in [5.41, 5.74) is 2.81. The van der Waals surface area contributed by atoms with E-state index in [-0.39, 0.29) is 30.5 Å². The first-order valence-electron chi connectivity index (χ1n) is 8.36. The van der Waals surface area contributed by atoms with E-state index in [4.69, 9.17) is 4.74 Å². The highest BCUT2D eigenvalue weighted by molar-refractivity contribution is 5.85. The van der Waals surface area contributed by atoms with Crippen molar-refractivity contribution >= 4 is 18.3 Å². The zero-order chi connectivity index (χ0) is 15.5. The van der Waals surface area contributed by atoms with Crippen molar-refractivity contribution in [2.24, 2.45) is 0 Å². The monoisotopic (exact) mass is 338 g/mol. The fraction of sp³-hybridized carbons (Fsp3) is 0.611. The number of piperidine rings is 1. The van der Waals surface area contributed by atoms with Crippen molar-refractivity contribution in [2.45, 2.75) is 44.8 Å². The zero-order valence-electron chi connectivity index (χ0n) is 14.0. The average molecular weight is 339 g/mol.